The standard InChI is InChI=1S/2C18H26N4O5S.C14H18N4O5S.C14H19N3O5S/c2*1-6-7-8-22-14-9-13(18(24)27-5)10-15(16(14)20-12(2)17(22)23)28(25,26)19-11-21(3)4;1-8-13(19)17-10-5-9(14(20)23-4)6-11(12(10)16-8)24(21,22)15-7-18(2)3;1-3-4-5-17-10-6-9(14(19)20)7-11(23(15,21)22)12(10)16-8(2)13(17)18/h2*9-12,20H,6-8H2,1-5H3;5-8,16H,1-4H3,(H,17,19);6-8,16H,3-5H2,1-2H3,(H,19,20)(H2,15,21,22)/t2*12-;2*8-/m1010/s1. The number of carboxylic acids is 1. The smallest absolute Gasteiger partial charge is 0.337 e. The third-order valence-corrected chi connectivity index (χ3v) is 20.0. The Hall–Kier alpha value is -9.99. The number of hydrogen-bond acceptors (Lipinski definition) is 23. The van der Waals surface area contributed by atoms with Crippen LogP contribution in [0.25, 0.3) is 0 Å². The summed E-state index contributed by atoms with van der Waals surface area (Å²) in [6, 6.07) is 7.73. The van der Waals surface area contributed by atoms with E-state index in [0.717, 1.165) is 44.5 Å². The number of sulfonamides is 4. The van der Waals surface area contributed by atoms with Crippen LogP contribution in [0.5, 0.6) is 0 Å². The fourth-order valence-corrected chi connectivity index (χ4v) is 14.2. The fraction of sp³-hybridized carbons (Fsp3) is 0.453. The number of carbonyl (C=O) groups is 8. The van der Waals surface area contributed by atoms with Gasteiger partial charge in [-0.3, -0.25) is 19.2 Å². The zero-order chi connectivity index (χ0) is 77.6. The molecule has 4 atom stereocenters. The number of hydrogen-bond donors (Lipinski definition) is 7. The van der Waals surface area contributed by atoms with Crippen molar-refractivity contribution in [3.63, 3.8) is 0 Å². The minimum absolute atomic E-state index is 0.00784. The molecule has 35 nitrogen and oxygen atoms in total. The molecule has 4 amide bonds. The van der Waals surface area contributed by atoms with E-state index < -0.39 is 88.1 Å². The van der Waals surface area contributed by atoms with Crippen molar-refractivity contribution in [3.05, 3.63) is 70.8 Å². The number of carbonyl (C=O) groups excluding carboxylic acids is 7. The number of benzene rings is 4. The number of methoxy groups -OCH3 is 3. The van der Waals surface area contributed by atoms with Gasteiger partial charge in [0.15, 0.2) is 0 Å². The molecule has 4 aromatic rings. The maximum absolute atomic E-state index is 12.9. The molecule has 0 bridgehead atoms. The summed E-state index contributed by atoms with van der Waals surface area (Å²) in [5.74, 6) is -4.38. The Morgan fingerprint density at radius 2 is 0.748 bits per heavy atom. The van der Waals surface area contributed by atoms with E-state index in [1.165, 1.54) is 106 Å². The summed E-state index contributed by atoms with van der Waals surface area (Å²) in [5, 5.41) is 28.5. The number of carboxylic acid groups (broad SMARTS) is 1. The molecule has 103 heavy (non-hydrogen) atoms. The molecule has 4 aliphatic rings. The summed E-state index contributed by atoms with van der Waals surface area (Å²) < 4.78 is 125. The number of esters is 3. The zero-order valence-electron chi connectivity index (χ0n) is 60.0. The van der Waals surface area contributed by atoms with Gasteiger partial charge in [0.1, 0.15) is 62.8 Å². The highest BCUT2D eigenvalue weighted by Crippen LogP contribution is 2.43. The highest BCUT2D eigenvalue weighted by Gasteiger charge is 2.39. The number of fused-ring (bicyclic) bond motifs is 4. The molecule has 0 spiro atoms. The number of amides is 4. The van der Waals surface area contributed by atoms with Crippen LogP contribution in [0.2, 0.25) is 0 Å². The minimum Gasteiger partial charge on any atom is -0.478 e. The summed E-state index contributed by atoms with van der Waals surface area (Å²) in [6.07, 6.45) is 8.20. The first-order valence-electron chi connectivity index (χ1n) is 32.0. The van der Waals surface area contributed by atoms with Gasteiger partial charge in [0.25, 0.3) is 30.1 Å². The second kappa shape index (κ2) is 35.3. The maximum Gasteiger partial charge on any atom is 0.337 e. The molecule has 0 saturated carbocycles. The molecule has 0 unspecified atom stereocenters. The first-order valence-corrected chi connectivity index (χ1v) is 37.9. The van der Waals surface area contributed by atoms with Crippen molar-refractivity contribution in [1.29, 1.82) is 0 Å². The van der Waals surface area contributed by atoms with E-state index in [9.17, 15) is 77.1 Å². The van der Waals surface area contributed by atoms with Crippen LogP contribution in [0, 0.1) is 0 Å². The van der Waals surface area contributed by atoms with Gasteiger partial charge in [0, 0.05) is 61.9 Å². The second-order valence-electron chi connectivity index (χ2n) is 24.3. The van der Waals surface area contributed by atoms with E-state index in [4.69, 9.17) is 14.6 Å². The molecule has 4 aliphatic heterocycles. The van der Waals surface area contributed by atoms with E-state index in [2.05, 4.69) is 44.5 Å². The van der Waals surface area contributed by atoms with Crippen LogP contribution in [0.4, 0.5) is 45.5 Å². The van der Waals surface area contributed by atoms with E-state index in [0.29, 0.717) is 37.4 Å². The van der Waals surface area contributed by atoms with Gasteiger partial charge < -0.3 is 75.3 Å². The lowest BCUT2D eigenvalue weighted by Gasteiger charge is -2.35. The summed E-state index contributed by atoms with van der Waals surface area (Å²) in [5.41, 5.74) is 1.76. The quantitative estimate of drug-likeness (QED) is 0.0225. The molecule has 0 saturated heterocycles. The SMILES string of the molecule is CCCCN1C(=O)[C@@H](C)Nc2c1cc(C(=O)OC)cc2S(=O)(=O)N=CN(C)C.CCCCN1C(=O)[C@H](C)Nc2c1cc(C(=O)O)cc2S(N)(=O)=O.CCCCN1C(=O)[C@H](C)Nc2c1cc(C(=O)OC)cc2S(=O)(=O)N=CN(C)C.COC(=O)c1cc2c(c(S(=O)(=O)N=CN(C)C)c1)N[C@H](C)C(=O)N2. The van der Waals surface area contributed by atoms with Crippen LogP contribution in [-0.2, 0) is 73.5 Å². The number of primary sulfonamides is 1. The van der Waals surface area contributed by atoms with E-state index >= 15 is 0 Å². The van der Waals surface area contributed by atoms with E-state index in [1.807, 2.05) is 20.8 Å². The average Bonchev–Trinajstić information content (AvgIpc) is 0.752. The molecule has 0 aliphatic carbocycles. The Labute approximate surface area is 599 Å². The highest BCUT2D eigenvalue weighted by molar-refractivity contribution is 7.91. The monoisotopic (exact) mass is 1520 g/mol. The Morgan fingerprint density at radius 3 is 1.04 bits per heavy atom. The average molecular weight is 1520 g/mol. The Balaban J connectivity index is 0.000000248. The predicted molar refractivity (Wildman–Crippen MR) is 389 cm³/mol. The first kappa shape index (κ1) is 83.7. The van der Waals surface area contributed by atoms with Gasteiger partial charge in [0.2, 0.25) is 33.7 Å². The van der Waals surface area contributed by atoms with Crippen molar-refractivity contribution < 1.29 is 91.3 Å². The van der Waals surface area contributed by atoms with Crippen LogP contribution in [0.15, 0.2) is 81.3 Å². The van der Waals surface area contributed by atoms with Crippen LogP contribution >= 0.6 is 0 Å². The molecule has 39 heteroatoms. The third-order valence-electron chi connectivity index (χ3n) is 15.3. The number of rotatable bonds is 23. The van der Waals surface area contributed by atoms with Crippen LogP contribution in [-0.4, -0.2) is 227 Å². The Kier molecular flexibility index (Phi) is 28.6. The Bertz CT molecular complexity index is 4340. The molecule has 4 heterocycles. The van der Waals surface area contributed by atoms with Crippen molar-refractivity contribution in [1.82, 2.24) is 14.7 Å². The maximum atomic E-state index is 12.9. The summed E-state index contributed by atoms with van der Waals surface area (Å²) >= 11 is 0. The molecule has 0 fully saturated rings. The topological polar surface area (TPSA) is 464 Å². The van der Waals surface area contributed by atoms with Gasteiger partial charge in [-0.25, -0.2) is 32.7 Å². The van der Waals surface area contributed by atoms with Gasteiger partial charge in [0.05, 0.1) is 89.1 Å². The molecule has 8 N–H and O–H groups in total. The van der Waals surface area contributed by atoms with Crippen molar-refractivity contribution in [2.75, 3.05) is 125 Å². The number of unbranched alkanes of at least 4 members (excludes halogenated alkanes) is 3. The first-order chi connectivity index (χ1) is 48.0. The van der Waals surface area contributed by atoms with Crippen molar-refractivity contribution >= 4 is 152 Å². The molecule has 0 aromatic heterocycles. The van der Waals surface area contributed by atoms with Gasteiger partial charge in [-0.15, -0.1) is 13.2 Å². The van der Waals surface area contributed by atoms with Gasteiger partial charge in [-0.1, -0.05) is 40.0 Å². The number of nitrogens with two attached hydrogens (primary N) is 1. The largest absolute Gasteiger partial charge is 0.478 e. The molecule has 8 rings (SSSR count). The van der Waals surface area contributed by atoms with Crippen molar-refractivity contribution in [2.24, 2.45) is 18.3 Å². The summed E-state index contributed by atoms with van der Waals surface area (Å²) in [7, 11) is -3.08. The van der Waals surface area contributed by atoms with Gasteiger partial charge >= 0.3 is 23.9 Å². The lowest BCUT2D eigenvalue weighted by atomic mass is 10.1. The predicted octanol–water partition coefficient (Wildman–Crippen LogP) is 4.88. The molecule has 0 radical (unpaired) electrons. The molecular formula is C64H89N15O20S4. The number of nitrogens with one attached hydrogen (secondary N) is 5. The van der Waals surface area contributed by atoms with E-state index in [1.54, 1.807) is 70.0 Å². The van der Waals surface area contributed by atoms with Crippen LogP contribution < -0.4 is 46.4 Å². The number of ether oxygens (including phenoxy) is 3. The number of aromatic carboxylic acids is 1. The summed E-state index contributed by atoms with van der Waals surface area (Å²) in [6.45, 7) is 13.7. The molecule has 4 aromatic carbocycles. The lowest BCUT2D eigenvalue weighted by molar-refractivity contribution is -0.120. The highest BCUT2D eigenvalue weighted by atomic mass is 32.2. The van der Waals surface area contributed by atoms with E-state index in [-0.39, 0.29) is 99.6 Å². The fourth-order valence-electron chi connectivity index (χ4n) is 10.1. The zero-order valence-corrected chi connectivity index (χ0v) is 63.2. The summed E-state index contributed by atoms with van der Waals surface area (Å²) in [4.78, 5) is 105. The molecule has 564 valence electrons. The van der Waals surface area contributed by atoms with Gasteiger partial charge in [-0.05, 0) is 95.5 Å². The van der Waals surface area contributed by atoms with Gasteiger partial charge in [-0.2, -0.15) is 25.3 Å². The number of nitrogens with zero attached hydrogens (tertiary/aromatic N) is 9. The van der Waals surface area contributed by atoms with Crippen LogP contribution in [0.3, 0.4) is 0 Å². The Morgan fingerprint density at radius 1 is 0.466 bits per heavy atom. The van der Waals surface area contributed by atoms with Crippen LogP contribution in [0.1, 0.15) is 128 Å². The second-order valence-corrected chi connectivity index (χ2v) is 30.6. The number of anilines is 8. The van der Waals surface area contributed by atoms with Crippen molar-refractivity contribution in [2.45, 2.75) is 131 Å². The lowest BCUT2D eigenvalue weighted by Crippen LogP contribution is -2.46. The minimum atomic E-state index is -4.15. The molecular weight excluding hydrogens is 1430 g/mol. The third kappa shape index (κ3) is 20.6. The van der Waals surface area contributed by atoms with Crippen molar-refractivity contribution in [3.8, 4) is 0 Å². The normalized spacial score (nSPS) is 17.0.